The normalized spacial score (nSPS) is 10.1. The topological polar surface area (TPSA) is 38.7 Å². The lowest BCUT2D eigenvalue weighted by molar-refractivity contribution is 1.17. The Balaban J connectivity index is 2.49. The molecule has 2 heterocycles. The zero-order chi connectivity index (χ0) is 9.97. The van der Waals surface area contributed by atoms with Crippen molar-refractivity contribution >= 4 is 27.5 Å². The average Bonchev–Trinajstić information content (AvgIpc) is 2.18. The number of hydrogen-bond donors (Lipinski definition) is 0. The van der Waals surface area contributed by atoms with E-state index in [1.54, 1.807) is 6.20 Å². The second-order valence-corrected chi connectivity index (χ2v) is 3.77. The molecule has 0 aliphatic rings. The van der Waals surface area contributed by atoms with E-state index < -0.39 is 0 Å². The van der Waals surface area contributed by atoms with Crippen molar-refractivity contribution in [3.05, 3.63) is 40.3 Å². The highest BCUT2D eigenvalue weighted by Gasteiger charge is 2.02. The molecule has 0 spiro atoms. The van der Waals surface area contributed by atoms with Crippen molar-refractivity contribution in [1.29, 1.82) is 0 Å². The Morgan fingerprint density at radius 1 is 1.07 bits per heavy atom. The third-order valence-electron chi connectivity index (χ3n) is 1.58. The number of halogens is 2. The number of hydrogen-bond acceptors (Lipinski definition) is 3. The first kappa shape index (κ1) is 9.55. The molecule has 0 radical (unpaired) electrons. The Morgan fingerprint density at radius 2 is 1.93 bits per heavy atom. The van der Waals surface area contributed by atoms with Gasteiger partial charge in [-0.2, -0.15) is 0 Å². The number of aromatic nitrogens is 3. The summed E-state index contributed by atoms with van der Waals surface area (Å²) in [5.74, 6) is 0. The molecule has 0 fully saturated rings. The van der Waals surface area contributed by atoms with Crippen LogP contribution in [0.15, 0.2) is 35.2 Å². The van der Waals surface area contributed by atoms with E-state index in [1.807, 2.05) is 18.2 Å². The molecule has 2 aromatic heterocycles. The fraction of sp³-hybridized carbons (Fsp3) is 0. The van der Waals surface area contributed by atoms with Crippen LogP contribution in [0.25, 0.3) is 11.4 Å². The van der Waals surface area contributed by atoms with Gasteiger partial charge in [0, 0.05) is 0 Å². The van der Waals surface area contributed by atoms with Gasteiger partial charge < -0.3 is 0 Å². The van der Waals surface area contributed by atoms with Crippen molar-refractivity contribution in [1.82, 2.24) is 15.0 Å². The highest BCUT2D eigenvalue weighted by Crippen LogP contribution is 2.17. The molecular formula is C9H5BrClN3. The van der Waals surface area contributed by atoms with E-state index in [0.717, 1.165) is 10.3 Å². The van der Waals surface area contributed by atoms with Gasteiger partial charge in [0.2, 0.25) is 0 Å². The summed E-state index contributed by atoms with van der Waals surface area (Å²) in [6.45, 7) is 0. The summed E-state index contributed by atoms with van der Waals surface area (Å²) in [6, 6.07) is 5.58. The molecular weight excluding hydrogens is 265 g/mol. The van der Waals surface area contributed by atoms with Gasteiger partial charge >= 0.3 is 0 Å². The minimum absolute atomic E-state index is 0.365. The van der Waals surface area contributed by atoms with Gasteiger partial charge in [0.05, 0.1) is 18.1 Å². The summed E-state index contributed by atoms with van der Waals surface area (Å²) < 4.78 is 0.761. The Kier molecular flexibility index (Phi) is 2.74. The molecule has 14 heavy (non-hydrogen) atoms. The zero-order valence-electron chi connectivity index (χ0n) is 6.98. The van der Waals surface area contributed by atoms with Crippen LogP contribution in [0.5, 0.6) is 0 Å². The summed E-state index contributed by atoms with van der Waals surface area (Å²) >= 11 is 9.01. The summed E-state index contributed by atoms with van der Waals surface area (Å²) in [4.78, 5) is 12.3. The molecule has 70 valence electrons. The van der Waals surface area contributed by atoms with E-state index in [1.165, 1.54) is 6.20 Å². The van der Waals surface area contributed by atoms with Gasteiger partial charge in [-0.15, -0.1) is 0 Å². The predicted octanol–water partition coefficient (Wildman–Crippen LogP) is 2.95. The highest BCUT2D eigenvalue weighted by atomic mass is 79.9. The third kappa shape index (κ3) is 2.08. The lowest BCUT2D eigenvalue weighted by Gasteiger charge is -1.99. The maximum atomic E-state index is 5.72. The molecule has 0 atom stereocenters. The highest BCUT2D eigenvalue weighted by molar-refractivity contribution is 9.10. The molecule has 0 saturated carbocycles. The summed E-state index contributed by atoms with van der Waals surface area (Å²) in [7, 11) is 0. The summed E-state index contributed by atoms with van der Waals surface area (Å²) in [5.41, 5.74) is 1.41. The van der Waals surface area contributed by atoms with Crippen molar-refractivity contribution in [2.45, 2.75) is 0 Å². The largest absolute Gasteiger partial charge is 0.259 e. The predicted molar refractivity (Wildman–Crippen MR) is 58.0 cm³/mol. The fourth-order valence-corrected chi connectivity index (χ4v) is 1.51. The number of rotatable bonds is 1. The van der Waals surface area contributed by atoms with Gasteiger partial charge in [-0.25, -0.2) is 9.97 Å². The SMILES string of the molecule is Clc1cncc(-c2cccc(Br)n2)n1. The van der Waals surface area contributed by atoms with Crippen molar-refractivity contribution in [3.8, 4) is 11.4 Å². The van der Waals surface area contributed by atoms with E-state index in [2.05, 4.69) is 30.9 Å². The smallest absolute Gasteiger partial charge is 0.148 e. The first-order valence-corrected chi connectivity index (χ1v) is 5.03. The fourth-order valence-electron chi connectivity index (χ4n) is 1.02. The van der Waals surface area contributed by atoms with E-state index in [9.17, 15) is 0 Å². The Hall–Kier alpha value is -1.00. The molecule has 0 aliphatic heterocycles. The second kappa shape index (κ2) is 4.02. The Labute approximate surface area is 94.3 Å². The summed E-state index contributed by atoms with van der Waals surface area (Å²) in [5, 5.41) is 0.365. The zero-order valence-corrected chi connectivity index (χ0v) is 9.33. The van der Waals surface area contributed by atoms with Crippen LogP contribution >= 0.6 is 27.5 Å². The molecule has 0 aromatic carbocycles. The standard InChI is InChI=1S/C9H5BrClN3/c10-8-3-1-2-6(13-8)7-4-12-5-9(11)14-7/h1-5H. The monoisotopic (exact) mass is 269 g/mol. The second-order valence-electron chi connectivity index (χ2n) is 2.57. The maximum Gasteiger partial charge on any atom is 0.148 e. The van der Waals surface area contributed by atoms with Crippen LogP contribution in [0.3, 0.4) is 0 Å². The first-order valence-electron chi connectivity index (χ1n) is 3.86. The average molecular weight is 271 g/mol. The van der Waals surface area contributed by atoms with Crippen LogP contribution in [-0.4, -0.2) is 15.0 Å². The quantitative estimate of drug-likeness (QED) is 0.748. The van der Waals surface area contributed by atoms with Crippen LogP contribution in [0.2, 0.25) is 5.15 Å². The molecule has 3 nitrogen and oxygen atoms in total. The molecule has 0 N–H and O–H groups in total. The maximum absolute atomic E-state index is 5.72. The van der Waals surface area contributed by atoms with Gasteiger partial charge in [-0.3, -0.25) is 4.98 Å². The lowest BCUT2D eigenvalue weighted by atomic mass is 10.3. The molecule has 0 bridgehead atoms. The molecule has 0 saturated heterocycles. The van der Waals surface area contributed by atoms with Gasteiger partial charge in [-0.1, -0.05) is 17.7 Å². The number of pyridine rings is 1. The first-order chi connectivity index (χ1) is 6.75. The minimum atomic E-state index is 0.365. The van der Waals surface area contributed by atoms with Crippen molar-refractivity contribution in [3.63, 3.8) is 0 Å². The van der Waals surface area contributed by atoms with E-state index in [-0.39, 0.29) is 0 Å². The third-order valence-corrected chi connectivity index (χ3v) is 2.21. The van der Waals surface area contributed by atoms with E-state index in [0.29, 0.717) is 10.8 Å². The van der Waals surface area contributed by atoms with Crippen LogP contribution in [0.4, 0.5) is 0 Å². The molecule has 0 amide bonds. The van der Waals surface area contributed by atoms with Gasteiger partial charge in [-0.05, 0) is 28.1 Å². The lowest BCUT2D eigenvalue weighted by Crippen LogP contribution is -1.89. The molecule has 2 rings (SSSR count). The molecule has 0 unspecified atom stereocenters. The van der Waals surface area contributed by atoms with E-state index >= 15 is 0 Å². The van der Waals surface area contributed by atoms with Crippen LogP contribution in [-0.2, 0) is 0 Å². The Bertz CT molecular complexity index is 418. The summed E-state index contributed by atoms with van der Waals surface area (Å²) in [6.07, 6.45) is 3.11. The van der Waals surface area contributed by atoms with Crippen LogP contribution < -0.4 is 0 Å². The van der Waals surface area contributed by atoms with Gasteiger partial charge in [0.1, 0.15) is 15.5 Å². The van der Waals surface area contributed by atoms with Crippen molar-refractivity contribution in [2.24, 2.45) is 0 Å². The minimum Gasteiger partial charge on any atom is -0.259 e. The van der Waals surface area contributed by atoms with Crippen molar-refractivity contribution in [2.75, 3.05) is 0 Å². The molecule has 5 heteroatoms. The van der Waals surface area contributed by atoms with Crippen molar-refractivity contribution < 1.29 is 0 Å². The van der Waals surface area contributed by atoms with Crippen LogP contribution in [0, 0.1) is 0 Å². The molecule has 0 aliphatic carbocycles. The van der Waals surface area contributed by atoms with Gasteiger partial charge in [0.15, 0.2) is 0 Å². The number of nitrogens with zero attached hydrogens (tertiary/aromatic N) is 3. The van der Waals surface area contributed by atoms with Crippen LogP contribution in [0.1, 0.15) is 0 Å². The van der Waals surface area contributed by atoms with Gasteiger partial charge in [0.25, 0.3) is 0 Å². The Morgan fingerprint density at radius 3 is 2.64 bits per heavy atom. The van der Waals surface area contributed by atoms with E-state index in [4.69, 9.17) is 11.6 Å². The molecule has 2 aromatic rings.